The summed E-state index contributed by atoms with van der Waals surface area (Å²) < 4.78 is 2.11. The topological polar surface area (TPSA) is 22.0 Å². The van der Waals surface area contributed by atoms with E-state index in [1.807, 2.05) is 25.2 Å². The van der Waals surface area contributed by atoms with Gasteiger partial charge in [-0.25, -0.2) is 0 Å². The monoisotopic (exact) mass is 173 g/mol. The average molecular weight is 173 g/mol. The van der Waals surface area contributed by atoms with Crippen LogP contribution in [-0.4, -0.2) is 10.9 Å². The zero-order valence-electron chi connectivity index (χ0n) is 7.74. The first kappa shape index (κ1) is 8.05. The third-order valence-electron chi connectivity index (χ3n) is 2.44. The number of aromatic nitrogens is 1. The van der Waals surface area contributed by atoms with Gasteiger partial charge in [-0.3, -0.25) is 4.79 Å². The van der Waals surface area contributed by atoms with Crippen LogP contribution in [0.4, 0.5) is 0 Å². The number of rotatable bonds is 1. The van der Waals surface area contributed by atoms with Crippen molar-refractivity contribution in [3.8, 4) is 0 Å². The van der Waals surface area contributed by atoms with Gasteiger partial charge in [-0.2, -0.15) is 0 Å². The van der Waals surface area contributed by atoms with Gasteiger partial charge < -0.3 is 4.57 Å². The molecule has 0 radical (unpaired) electrons. The molecule has 0 aliphatic rings. The van der Waals surface area contributed by atoms with Gasteiger partial charge in [-0.05, 0) is 31.2 Å². The number of carbonyl (C=O) groups is 1. The van der Waals surface area contributed by atoms with Crippen molar-refractivity contribution < 1.29 is 4.79 Å². The summed E-state index contributed by atoms with van der Waals surface area (Å²) in [5, 5.41) is 1.13. The fourth-order valence-electron chi connectivity index (χ4n) is 1.58. The van der Waals surface area contributed by atoms with Crippen molar-refractivity contribution in [1.29, 1.82) is 0 Å². The summed E-state index contributed by atoms with van der Waals surface area (Å²) in [5.41, 5.74) is 3.11. The van der Waals surface area contributed by atoms with Crippen LogP contribution in [0.15, 0.2) is 24.3 Å². The average Bonchev–Trinajstić information content (AvgIpc) is 2.42. The van der Waals surface area contributed by atoms with Crippen LogP contribution in [0, 0.1) is 6.92 Å². The number of hydrogen-bond donors (Lipinski definition) is 0. The summed E-state index contributed by atoms with van der Waals surface area (Å²) in [6.45, 7) is 2.06. The minimum absolute atomic E-state index is 0.734. The van der Waals surface area contributed by atoms with E-state index in [2.05, 4.69) is 17.6 Å². The van der Waals surface area contributed by atoms with Gasteiger partial charge in [0.15, 0.2) is 0 Å². The SMILES string of the molecule is Cc1cc2cc(C=O)ccc2n1C. The zero-order valence-corrected chi connectivity index (χ0v) is 7.74. The quantitative estimate of drug-likeness (QED) is 0.606. The van der Waals surface area contributed by atoms with Gasteiger partial charge in [0.25, 0.3) is 0 Å². The molecule has 1 heterocycles. The molecule has 2 nitrogen and oxygen atoms in total. The van der Waals surface area contributed by atoms with Crippen LogP contribution in [0.1, 0.15) is 16.1 Å². The van der Waals surface area contributed by atoms with E-state index < -0.39 is 0 Å². The highest BCUT2D eigenvalue weighted by Gasteiger charge is 2.01. The second kappa shape index (κ2) is 2.73. The Morgan fingerprint density at radius 3 is 2.77 bits per heavy atom. The molecule has 66 valence electrons. The Bertz CT molecular complexity index is 468. The van der Waals surface area contributed by atoms with Crippen LogP contribution in [0.25, 0.3) is 10.9 Å². The number of carbonyl (C=O) groups excluding carboxylic acids is 1. The Balaban J connectivity index is 2.79. The molecule has 0 fully saturated rings. The molecular formula is C11H11NO. The molecule has 0 aliphatic carbocycles. The van der Waals surface area contributed by atoms with Crippen molar-refractivity contribution in [3.05, 3.63) is 35.5 Å². The molecule has 0 N–H and O–H groups in total. The van der Waals surface area contributed by atoms with Crippen LogP contribution in [-0.2, 0) is 7.05 Å². The van der Waals surface area contributed by atoms with Crippen molar-refractivity contribution in [2.75, 3.05) is 0 Å². The molecule has 0 saturated carbocycles. The number of nitrogens with zero attached hydrogens (tertiary/aromatic N) is 1. The van der Waals surface area contributed by atoms with Crippen molar-refractivity contribution in [2.45, 2.75) is 6.92 Å². The fraction of sp³-hybridized carbons (Fsp3) is 0.182. The molecule has 1 aromatic carbocycles. The lowest BCUT2D eigenvalue weighted by Crippen LogP contribution is -1.89. The number of aryl methyl sites for hydroxylation is 2. The first-order chi connectivity index (χ1) is 6.22. The van der Waals surface area contributed by atoms with Crippen LogP contribution in [0.2, 0.25) is 0 Å². The standard InChI is InChI=1S/C11H11NO/c1-8-5-10-6-9(7-13)3-4-11(10)12(8)2/h3-7H,1-2H3. The summed E-state index contributed by atoms with van der Waals surface area (Å²) in [6.07, 6.45) is 0.877. The molecule has 2 aromatic rings. The molecule has 2 heteroatoms. The zero-order chi connectivity index (χ0) is 9.42. The molecule has 0 amide bonds. The molecule has 13 heavy (non-hydrogen) atoms. The van der Waals surface area contributed by atoms with Gasteiger partial charge in [0.2, 0.25) is 0 Å². The molecule has 0 atom stereocenters. The molecule has 0 bridgehead atoms. The summed E-state index contributed by atoms with van der Waals surface area (Å²) in [5.74, 6) is 0. The smallest absolute Gasteiger partial charge is 0.150 e. The lowest BCUT2D eigenvalue weighted by atomic mass is 10.2. The van der Waals surface area contributed by atoms with Gasteiger partial charge in [0.05, 0.1) is 0 Å². The minimum atomic E-state index is 0.734. The number of fused-ring (bicyclic) bond motifs is 1. The molecule has 2 rings (SSSR count). The van der Waals surface area contributed by atoms with Crippen LogP contribution in [0.3, 0.4) is 0 Å². The van der Waals surface area contributed by atoms with Crippen LogP contribution >= 0.6 is 0 Å². The summed E-state index contributed by atoms with van der Waals surface area (Å²) in [4.78, 5) is 10.5. The summed E-state index contributed by atoms with van der Waals surface area (Å²) in [6, 6.07) is 7.82. The number of aldehydes is 1. The highest BCUT2D eigenvalue weighted by Crippen LogP contribution is 2.18. The van der Waals surface area contributed by atoms with E-state index in [-0.39, 0.29) is 0 Å². The number of benzene rings is 1. The Morgan fingerprint density at radius 2 is 2.08 bits per heavy atom. The molecule has 1 aromatic heterocycles. The third kappa shape index (κ3) is 1.15. The largest absolute Gasteiger partial charge is 0.348 e. The van der Waals surface area contributed by atoms with Gasteiger partial charge in [0.1, 0.15) is 6.29 Å². The highest BCUT2D eigenvalue weighted by atomic mass is 16.1. The van der Waals surface area contributed by atoms with Gasteiger partial charge in [0, 0.05) is 29.2 Å². The van der Waals surface area contributed by atoms with Crippen LogP contribution in [0.5, 0.6) is 0 Å². The second-order valence-electron chi connectivity index (χ2n) is 3.28. The van der Waals surface area contributed by atoms with E-state index in [1.54, 1.807) is 0 Å². The van der Waals surface area contributed by atoms with E-state index in [1.165, 1.54) is 11.2 Å². The Hall–Kier alpha value is -1.57. The summed E-state index contributed by atoms with van der Waals surface area (Å²) in [7, 11) is 2.03. The van der Waals surface area contributed by atoms with E-state index in [9.17, 15) is 4.79 Å². The normalized spacial score (nSPS) is 10.6. The van der Waals surface area contributed by atoms with Crippen molar-refractivity contribution >= 4 is 17.2 Å². The van der Waals surface area contributed by atoms with E-state index in [4.69, 9.17) is 0 Å². The molecule has 0 aliphatic heterocycles. The predicted octanol–water partition coefficient (Wildman–Crippen LogP) is 2.30. The molecule has 0 spiro atoms. The first-order valence-electron chi connectivity index (χ1n) is 4.23. The van der Waals surface area contributed by atoms with Gasteiger partial charge >= 0.3 is 0 Å². The fourth-order valence-corrected chi connectivity index (χ4v) is 1.58. The maximum atomic E-state index is 10.5. The second-order valence-corrected chi connectivity index (χ2v) is 3.28. The third-order valence-corrected chi connectivity index (χ3v) is 2.44. The first-order valence-corrected chi connectivity index (χ1v) is 4.23. The molecule has 0 saturated heterocycles. The molecule has 0 unspecified atom stereocenters. The lowest BCUT2D eigenvalue weighted by Gasteiger charge is -1.97. The van der Waals surface area contributed by atoms with Crippen LogP contribution < -0.4 is 0 Å². The predicted molar refractivity (Wildman–Crippen MR) is 53.0 cm³/mol. The lowest BCUT2D eigenvalue weighted by molar-refractivity contribution is 0.112. The highest BCUT2D eigenvalue weighted by molar-refractivity contribution is 5.88. The van der Waals surface area contributed by atoms with Crippen molar-refractivity contribution in [3.63, 3.8) is 0 Å². The van der Waals surface area contributed by atoms with E-state index >= 15 is 0 Å². The Labute approximate surface area is 76.8 Å². The Morgan fingerprint density at radius 1 is 1.31 bits per heavy atom. The number of hydrogen-bond acceptors (Lipinski definition) is 1. The Kier molecular flexibility index (Phi) is 1.69. The minimum Gasteiger partial charge on any atom is -0.348 e. The maximum Gasteiger partial charge on any atom is 0.150 e. The van der Waals surface area contributed by atoms with Crippen molar-refractivity contribution in [2.24, 2.45) is 7.05 Å². The maximum absolute atomic E-state index is 10.5. The van der Waals surface area contributed by atoms with E-state index in [0.29, 0.717) is 0 Å². The van der Waals surface area contributed by atoms with Gasteiger partial charge in [-0.15, -0.1) is 0 Å². The van der Waals surface area contributed by atoms with E-state index in [0.717, 1.165) is 17.2 Å². The van der Waals surface area contributed by atoms with Crippen molar-refractivity contribution in [1.82, 2.24) is 4.57 Å². The summed E-state index contributed by atoms with van der Waals surface area (Å²) >= 11 is 0. The molecular weight excluding hydrogens is 162 g/mol. The van der Waals surface area contributed by atoms with Gasteiger partial charge in [-0.1, -0.05) is 0 Å².